The van der Waals surface area contributed by atoms with Crippen molar-refractivity contribution in [3.63, 3.8) is 0 Å². The zero-order chi connectivity index (χ0) is 12.2. The van der Waals surface area contributed by atoms with Gasteiger partial charge in [-0.05, 0) is 20.8 Å². The molecule has 1 aromatic rings. The van der Waals surface area contributed by atoms with Crippen molar-refractivity contribution in [2.75, 3.05) is 6.79 Å². The smallest absolute Gasteiger partial charge is 0.359 e. The minimum absolute atomic E-state index is 0.215. The predicted octanol–water partition coefficient (Wildman–Crippen LogP) is 1.11. The van der Waals surface area contributed by atoms with Gasteiger partial charge in [0.1, 0.15) is 5.69 Å². The second kappa shape index (κ2) is 4.78. The van der Waals surface area contributed by atoms with Crippen LogP contribution in [-0.2, 0) is 14.3 Å². The maximum atomic E-state index is 11.3. The van der Waals surface area contributed by atoms with E-state index < -0.39 is 24.1 Å². The van der Waals surface area contributed by atoms with Gasteiger partial charge in [-0.3, -0.25) is 4.79 Å². The molecule has 0 radical (unpaired) electrons. The van der Waals surface area contributed by atoms with Crippen LogP contribution in [0.25, 0.3) is 0 Å². The van der Waals surface area contributed by atoms with Gasteiger partial charge in [0.25, 0.3) is 0 Å². The normalized spacial score (nSPS) is 10.9. The monoisotopic (exact) mass is 226 g/mol. The number of nitrogens with one attached hydrogen (secondary N) is 1. The molecule has 1 heterocycles. The van der Waals surface area contributed by atoms with Crippen LogP contribution in [0.3, 0.4) is 0 Å². The number of carbonyl (C=O) groups excluding carboxylic acids is 2. The summed E-state index contributed by atoms with van der Waals surface area (Å²) < 4.78 is 9.46. The molecule has 0 saturated carbocycles. The van der Waals surface area contributed by atoms with Gasteiger partial charge in [-0.25, -0.2) is 9.78 Å². The van der Waals surface area contributed by atoms with Crippen LogP contribution in [0.4, 0.5) is 0 Å². The Morgan fingerprint density at radius 1 is 1.38 bits per heavy atom. The summed E-state index contributed by atoms with van der Waals surface area (Å²) in [7, 11) is 0. The molecule has 16 heavy (non-hydrogen) atoms. The lowest BCUT2D eigenvalue weighted by Gasteiger charge is -2.15. The van der Waals surface area contributed by atoms with Gasteiger partial charge in [0.05, 0.1) is 17.9 Å². The molecule has 0 aliphatic rings. The van der Waals surface area contributed by atoms with E-state index in [4.69, 9.17) is 9.47 Å². The van der Waals surface area contributed by atoms with Crippen molar-refractivity contribution < 1.29 is 19.1 Å². The molecule has 1 N–H and O–H groups in total. The number of esters is 2. The number of imidazole rings is 1. The fourth-order valence-electron chi connectivity index (χ4n) is 0.798. The topological polar surface area (TPSA) is 81.3 Å². The van der Waals surface area contributed by atoms with Crippen molar-refractivity contribution >= 4 is 11.9 Å². The lowest BCUT2D eigenvalue weighted by Crippen LogP contribution is -2.24. The van der Waals surface area contributed by atoms with Crippen molar-refractivity contribution in [3.8, 4) is 0 Å². The van der Waals surface area contributed by atoms with Crippen molar-refractivity contribution in [3.05, 3.63) is 18.2 Å². The second-order valence-corrected chi connectivity index (χ2v) is 4.20. The molecule has 1 rings (SSSR count). The van der Waals surface area contributed by atoms with Crippen LogP contribution in [0.5, 0.6) is 0 Å². The molecule has 0 amide bonds. The highest BCUT2D eigenvalue weighted by Gasteiger charge is 2.23. The van der Waals surface area contributed by atoms with E-state index in [0.29, 0.717) is 0 Å². The summed E-state index contributed by atoms with van der Waals surface area (Å²) in [5, 5.41) is 0. The van der Waals surface area contributed by atoms with Crippen LogP contribution in [0.2, 0.25) is 0 Å². The Balaban J connectivity index is 2.32. The molecule has 0 spiro atoms. The number of rotatable bonds is 3. The Labute approximate surface area is 93.0 Å². The molecule has 0 unspecified atom stereocenters. The van der Waals surface area contributed by atoms with Crippen LogP contribution in [0, 0.1) is 5.41 Å². The number of aromatic amines is 1. The van der Waals surface area contributed by atoms with E-state index in [0.717, 1.165) is 0 Å². The lowest BCUT2D eigenvalue weighted by molar-refractivity contribution is -0.161. The predicted molar refractivity (Wildman–Crippen MR) is 54.4 cm³/mol. The number of H-pyrrole nitrogens is 1. The molecule has 0 atom stereocenters. The summed E-state index contributed by atoms with van der Waals surface area (Å²) in [6.07, 6.45) is 2.69. The van der Waals surface area contributed by atoms with Crippen LogP contribution in [0.1, 0.15) is 31.3 Å². The third kappa shape index (κ3) is 3.38. The Hall–Kier alpha value is -1.85. The zero-order valence-corrected chi connectivity index (χ0v) is 9.44. The quantitative estimate of drug-likeness (QED) is 0.616. The van der Waals surface area contributed by atoms with Gasteiger partial charge in [0, 0.05) is 0 Å². The molecule has 88 valence electrons. The summed E-state index contributed by atoms with van der Waals surface area (Å²) >= 11 is 0. The number of hydrogen-bond acceptors (Lipinski definition) is 5. The molecular weight excluding hydrogens is 212 g/mol. The molecule has 6 heteroatoms. The number of carbonyl (C=O) groups is 2. The highest BCUT2D eigenvalue weighted by atomic mass is 16.7. The first-order valence-corrected chi connectivity index (χ1v) is 4.74. The second-order valence-electron chi connectivity index (χ2n) is 4.20. The third-order valence-electron chi connectivity index (χ3n) is 1.71. The lowest BCUT2D eigenvalue weighted by atomic mass is 9.98. The Morgan fingerprint density at radius 2 is 2.06 bits per heavy atom. The van der Waals surface area contributed by atoms with E-state index in [1.807, 2.05) is 0 Å². The Morgan fingerprint density at radius 3 is 2.56 bits per heavy atom. The van der Waals surface area contributed by atoms with Crippen molar-refractivity contribution in [2.24, 2.45) is 5.41 Å². The summed E-state index contributed by atoms with van der Waals surface area (Å²) in [5.41, 5.74) is -0.396. The van der Waals surface area contributed by atoms with Crippen molar-refractivity contribution in [1.82, 2.24) is 9.97 Å². The van der Waals surface area contributed by atoms with Crippen molar-refractivity contribution in [1.29, 1.82) is 0 Å². The first-order valence-electron chi connectivity index (χ1n) is 4.74. The van der Waals surface area contributed by atoms with Gasteiger partial charge in [0.15, 0.2) is 0 Å². The molecule has 0 fully saturated rings. The maximum absolute atomic E-state index is 11.3. The first kappa shape index (κ1) is 12.2. The van der Waals surface area contributed by atoms with E-state index in [-0.39, 0.29) is 5.69 Å². The van der Waals surface area contributed by atoms with E-state index >= 15 is 0 Å². The van der Waals surface area contributed by atoms with Crippen LogP contribution in [0.15, 0.2) is 12.5 Å². The first-order chi connectivity index (χ1) is 7.41. The average Bonchev–Trinajstić information content (AvgIpc) is 2.68. The molecule has 0 aliphatic heterocycles. The molecule has 0 bridgehead atoms. The molecule has 0 aromatic carbocycles. The fraction of sp³-hybridized carbons (Fsp3) is 0.500. The van der Waals surface area contributed by atoms with Gasteiger partial charge in [-0.1, -0.05) is 0 Å². The largest absolute Gasteiger partial charge is 0.427 e. The van der Waals surface area contributed by atoms with Crippen LogP contribution < -0.4 is 0 Å². The molecule has 6 nitrogen and oxygen atoms in total. The van der Waals surface area contributed by atoms with E-state index in [1.54, 1.807) is 20.8 Å². The van der Waals surface area contributed by atoms with Gasteiger partial charge in [-0.2, -0.15) is 0 Å². The van der Waals surface area contributed by atoms with Crippen molar-refractivity contribution in [2.45, 2.75) is 20.8 Å². The Kier molecular flexibility index (Phi) is 3.65. The molecular formula is C10H14N2O4. The number of nitrogens with zero attached hydrogens (tertiary/aromatic N) is 1. The SMILES string of the molecule is CC(C)(C)C(=O)OCOC(=O)c1cnc[nH]1. The standard InChI is InChI=1S/C10H14N2O4/c1-10(2,3)9(14)16-6-15-8(13)7-4-11-5-12-7/h4-5H,6H2,1-3H3,(H,11,12). The van der Waals surface area contributed by atoms with Crippen LogP contribution in [-0.4, -0.2) is 28.7 Å². The average molecular weight is 226 g/mol. The van der Waals surface area contributed by atoms with E-state index in [1.165, 1.54) is 12.5 Å². The summed E-state index contributed by atoms with van der Waals surface area (Å²) in [4.78, 5) is 28.8. The van der Waals surface area contributed by atoms with Gasteiger partial charge in [0.2, 0.25) is 6.79 Å². The summed E-state index contributed by atoms with van der Waals surface area (Å²) in [6, 6.07) is 0. The van der Waals surface area contributed by atoms with Crippen LogP contribution >= 0.6 is 0 Å². The van der Waals surface area contributed by atoms with E-state index in [9.17, 15) is 9.59 Å². The number of aromatic nitrogens is 2. The highest BCUT2D eigenvalue weighted by Crippen LogP contribution is 2.14. The minimum atomic E-state index is -0.612. The number of hydrogen-bond donors (Lipinski definition) is 1. The molecule has 0 aliphatic carbocycles. The number of ether oxygens (including phenoxy) is 2. The third-order valence-corrected chi connectivity index (χ3v) is 1.71. The summed E-state index contributed by atoms with van der Waals surface area (Å²) in [6.45, 7) is 4.75. The highest BCUT2D eigenvalue weighted by molar-refractivity contribution is 5.86. The van der Waals surface area contributed by atoms with E-state index in [2.05, 4.69) is 9.97 Å². The van der Waals surface area contributed by atoms with Gasteiger partial charge in [-0.15, -0.1) is 0 Å². The van der Waals surface area contributed by atoms with Gasteiger partial charge < -0.3 is 14.5 Å². The maximum Gasteiger partial charge on any atom is 0.359 e. The Bertz CT molecular complexity index is 365. The minimum Gasteiger partial charge on any atom is -0.427 e. The zero-order valence-electron chi connectivity index (χ0n) is 9.44. The molecule has 0 saturated heterocycles. The van der Waals surface area contributed by atoms with Gasteiger partial charge >= 0.3 is 11.9 Å². The summed E-state index contributed by atoms with van der Waals surface area (Å²) in [5.74, 6) is -1.04. The molecule has 1 aromatic heterocycles. The fourth-order valence-corrected chi connectivity index (χ4v) is 0.798.